The fraction of sp³-hybridized carbons (Fsp3) is 0.571. The molecule has 0 bridgehead atoms. The Hall–Kier alpha value is -1.41. The van der Waals surface area contributed by atoms with Gasteiger partial charge in [-0.05, 0) is 6.92 Å². The van der Waals surface area contributed by atoms with Crippen molar-refractivity contribution in [1.29, 1.82) is 5.26 Å². The van der Waals surface area contributed by atoms with E-state index in [9.17, 15) is 9.59 Å². The van der Waals surface area contributed by atoms with Gasteiger partial charge in [0.15, 0.2) is 0 Å². The lowest BCUT2D eigenvalue weighted by Gasteiger charge is -2.26. The fourth-order valence-corrected chi connectivity index (χ4v) is 1.01. The first-order chi connectivity index (χ1) is 5.63. The van der Waals surface area contributed by atoms with Gasteiger partial charge in [-0.3, -0.25) is 19.8 Å². The third-order valence-electron chi connectivity index (χ3n) is 1.71. The molecule has 0 radical (unpaired) electrons. The molecule has 1 aliphatic rings. The van der Waals surface area contributed by atoms with Gasteiger partial charge >= 0.3 is 0 Å². The van der Waals surface area contributed by atoms with Crippen molar-refractivity contribution in [2.75, 3.05) is 13.1 Å². The minimum absolute atomic E-state index is 0.125. The summed E-state index contributed by atoms with van der Waals surface area (Å²) in [5.74, 6) is -0.679. The van der Waals surface area contributed by atoms with E-state index in [0.717, 1.165) is 0 Å². The highest BCUT2D eigenvalue weighted by atomic mass is 16.2. The molecule has 1 aliphatic heterocycles. The summed E-state index contributed by atoms with van der Waals surface area (Å²) in [6.45, 7) is 1.91. The van der Waals surface area contributed by atoms with Crippen molar-refractivity contribution in [1.82, 2.24) is 10.2 Å². The summed E-state index contributed by atoms with van der Waals surface area (Å²) in [4.78, 5) is 23.2. The van der Waals surface area contributed by atoms with Crippen LogP contribution in [-0.4, -0.2) is 35.8 Å². The number of imide groups is 1. The van der Waals surface area contributed by atoms with Crippen LogP contribution in [0.3, 0.4) is 0 Å². The molecule has 1 unspecified atom stereocenters. The molecule has 0 aliphatic carbocycles. The van der Waals surface area contributed by atoms with E-state index in [1.807, 2.05) is 6.07 Å². The minimum Gasteiger partial charge on any atom is -0.294 e. The third-order valence-corrected chi connectivity index (χ3v) is 1.71. The van der Waals surface area contributed by atoms with Gasteiger partial charge in [-0.15, -0.1) is 0 Å². The second-order valence-corrected chi connectivity index (χ2v) is 2.68. The number of nitrogens with one attached hydrogen (secondary N) is 1. The number of carbonyl (C=O) groups excluding carboxylic acids is 2. The van der Waals surface area contributed by atoms with Crippen LogP contribution in [0.4, 0.5) is 0 Å². The normalized spacial score (nSPS) is 21.3. The minimum atomic E-state index is -0.389. The van der Waals surface area contributed by atoms with Gasteiger partial charge in [0.25, 0.3) is 0 Å². The van der Waals surface area contributed by atoms with E-state index in [-0.39, 0.29) is 30.9 Å². The summed E-state index contributed by atoms with van der Waals surface area (Å²) in [5.41, 5.74) is 0. The van der Waals surface area contributed by atoms with Gasteiger partial charge in [0.2, 0.25) is 11.8 Å². The van der Waals surface area contributed by atoms with Crippen molar-refractivity contribution in [3.8, 4) is 6.07 Å². The molecule has 1 rings (SSSR count). The van der Waals surface area contributed by atoms with Crippen molar-refractivity contribution in [2.45, 2.75) is 13.0 Å². The third kappa shape index (κ3) is 1.80. The highest BCUT2D eigenvalue weighted by Crippen LogP contribution is 2.00. The predicted octanol–water partition coefficient (Wildman–Crippen LogP) is -1.14. The van der Waals surface area contributed by atoms with Crippen molar-refractivity contribution in [3.05, 3.63) is 0 Å². The molecule has 1 fully saturated rings. The standard InChI is InChI=1S/C7H9N3O2/c1-5(2-8)10-3-6(11)9-7(12)4-10/h5H,3-4H2,1H3,(H,9,11,12). The first-order valence-corrected chi connectivity index (χ1v) is 3.60. The second kappa shape index (κ2) is 3.32. The lowest BCUT2D eigenvalue weighted by molar-refractivity contribution is -0.136. The van der Waals surface area contributed by atoms with Crippen LogP contribution in [0.5, 0.6) is 0 Å². The van der Waals surface area contributed by atoms with Crippen LogP contribution in [-0.2, 0) is 9.59 Å². The number of piperazine rings is 1. The van der Waals surface area contributed by atoms with Crippen molar-refractivity contribution in [2.24, 2.45) is 0 Å². The first kappa shape index (κ1) is 8.68. The van der Waals surface area contributed by atoms with E-state index in [0.29, 0.717) is 0 Å². The smallest absolute Gasteiger partial charge is 0.240 e. The molecule has 0 saturated carbocycles. The largest absolute Gasteiger partial charge is 0.294 e. The average Bonchev–Trinajstić information content (AvgIpc) is 2.01. The second-order valence-electron chi connectivity index (χ2n) is 2.68. The Morgan fingerprint density at radius 2 is 2.00 bits per heavy atom. The molecular formula is C7H9N3O2. The average molecular weight is 167 g/mol. The maximum Gasteiger partial charge on any atom is 0.240 e. The van der Waals surface area contributed by atoms with E-state index < -0.39 is 0 Å². The highest BCUT2D eigenvalue weighted by Gasteiger charge is 2.25. The van der Waals surface area contributed by atoms with Gasteiger partial charge in [-0.2, -0.15) is 5.26 Å². The van der Waals surface area contributed by atoms with E-state index in [1.165, 1.54) is 4.90 Å². The molecular weight excluding hydrogens is 158 g/mol. The Labute approximate surface area is 69.9 Å². The summed E-state index contributed by atoms with van der Waals surface area (Å²) in [6.07, 6.45) is 0. The fourth-order valence-electron chi connectivity index (χ4n) is 1.01. The predicted molar refractivity (Wildman–Crippen MR) is 39.8 cm³/mol. The molecule has 1 N–H and O–H groups in total. The zero-order valence-electron chi connectivity index (χ0n) is 6.70. The number of amides is 2. The van der Waals surface area contributed by atoms with Crippen LogP contribution in [0.2, 0.25) is 0 Å². The molecule has 12 heavy (non-hydrogen) atoms. The Kier molecular flexibility index (Phi) is 2.41. The number of nitriles is 1. The molecule has 5 nitrogen and oxygen atoms in total. The summed E-state index contributed by atoms with van der Waals surface area (Å²) in [6, 6.07) is 1.58. The summed E-state index contributed by atoms with van der Waals surface area (Å²) < 4.78 is 0. The molecule has 1 saturated heterocycles. The maximum atomic E-state index is 10.8. The number of carbonyl (C=O) groups is 2. The Balaban J connectivity index is 2.62. The lowest BCUT2D eigenvalue weighted by Crippen LogP contribution is -2.53. The zero-order chi connectivity index (χ0) is 9.14. The first-order valence-electron chi connectivity index (χ1n) is 3.60. The molecule has 1 atom stereocenters. The zero-order valence-corrected chi connectivity index (χ0v) is 6.70. The van der Waals surface area contributed by atoms with Gasteiger partial charge in [-0.1, -0.05) is 0 Å². The monoisotopic (exact) mass is 167 g/mol. The quantitative estimate of drug-likeness (QED) is 0.501. The van der Waals surface area contributed by atoms with Crippen molar-refractivity contribution >= 4 is 11.8 Å². The van der Waals surface area contributed by atoms with Crippen LogP contribution in [0, 0.1) is 11.3 Å². The molecule has 5 heteroatoms. The summed E-state index contributed by atoms with van der Waals surface area (Å²) in [7, 11) is 0. The topological polar surface area (TPSA) is 73.2 Å². The van der Waals surface area contributed by atoms with E-state index >= 15 is 0 Å². The molecule has 64 valence electrons. The molecule has 2 amide bonds. The van der Waals surface area contributed by atoms with E-state index in [2.05, 4.69) is 5.32 Å². The Morgan fingerprint density at radius 1 is 1.50 bits per heavy atom. The van der Waals surface area contributed by atoms with Crippen LogP contribution < -0.4 is 5.32 Å². The number of nitrogens with zero attached hydrogens (tertiary/aromatic N) is 2. The summed E-state index contributed by atoms with van der Waals surface area (Å²) >= 11 is 0. The van der Waals surface area contributed by atoms with Gasteiger partial charge in [0.05, 0.1) is 25.2 Å². The van der Waals surface area contributed by atoms with Crippen molar-refractivity contribution in [3.63, 3.8) is 0 Å². The van der Waals surface area contributed by atoms with Gasteiger partial charge in [0.1, 0.15) is 0 Å². The summed E-state index contributed by atoms with van der Waals surface area (Å²) in [5, 5.41) is 10.7. The lowest BCUT2D eigenvalue weighted by atomic mass is 10.2. The molecule has 0 aromatic rings. The van der Waals surface area contributed by atoms with Gasteiger partial charge in [-0.25, -0.2) is 0 Å². The van der Waals surface area contributed by atoms with Gasteiger partial charge < -0.3 is 0 Å². The molecule has 0 spiro atoms. The van der Waals surface area contributed by atoms with E-state index in [4.69, 9.17) is 5.26 Å². The Bertz CT molecular complexity index is 240. The van der Waals surface area contributed by atoms with Crippen LogP contribution in [0.25, 0.3) is 0 Å². The van der Waals surface area contributed by atoms with Crippen LogP contribution in [0.1, 0.15) is 6.92 Å². The van der Waals surface area contributed by atoms with Crippen LogP contribution >= 0.6 is 0 Å². The molecule has 0 aromatic heterocycles. The Morgan fingerprint density at radius 3 is 2.42 bits per heavy atom. The molecule has 1 heterocycles. The number of hydrogen-bond acceptors (Lipinski definition) is 4. The van der Waals surface area contributed by atoms with Crippen LogP contribution in [0.15, 0.2) is 0 Å². The highest BCUT2D eigenvalue weighted by molar-refractivity contribution is 5.99. The van der Waals surface area contributed by atoms with Gasteiger partial charge in [0, 0.05) is 0 Å². The number of hydrogen-bond donors (Lipinski definition) is 1. The maximum absolute atomic E-state index is 10.8. The SMILES string of the molecule is CC(C#N)N1CC(=O)NC(=O)C1. The van der Waals surface area contributed by atoms with E-state index in [1.54, 1.807) is 6.92 Å². The van der Waals surface area contributed by atoms with Crippen molar-refractivity contribution < 1.29 is 9.59 Å². The number of rotatable bonds is 1. The molecule has 0 aromatic carbocycles.